The SMILES string of the molecule is CCOC(=O)N1CCN(C(=O)C(CCCC(=O)O)NC(=O)c2cc(NCc3ccccc3)nc(-c3ccccc3)n2)CC1. The minimum atomic E-state index is -0.988. The van der Waals surface area contributed by atoms with Crippen LogP contribution in [0.5, 0.6) is 0 Å². The molecule has 0 bridgehead atoms. The largest absolute Gasteiger partial charge is 0.481 e. The fourth-order valence-corrected chi connectivity index (χ4v) is 4.65. The minimum Gasteiger partial charge on any atom is -0.481 e. The van der Waals surface area contributed by atoms with Gasteiger partial charge in [-0.25, -0.2) is 14.8 Å². The van der Waals surface area contributed by atoms with Gasteiger partial charge in [0.25, 0.3) is 5.91 Å². The predicted molar refractivity (Wildman–Crippen MR) is 159 cm³/mol. The molecule has 0 spiro atoms. The number of carbonyl (C=O) groups excluding carboxylic acids is 3. The Balaban J connectivity index is 1.53. The number of hydrogen-bond acceptors (Lipinski definition) is 8. The summed E-state index contributed by atoms with van der Waals surface area (Å²) >= 11 is 0. The van der Waals surface area contributed by atoms with Gasteiger partial charge < -0.3 is 30.3 Å². The second-order valence-corrected chi connectivity index (χ2v) is 9.99. The second kappa shape index (κ2) is 15.3. The van der Waals surface area contributed by atoms with Crippen molar-refractivity contribution in [1.82, 2.24) is 25.1 Å². The normalized spacial score (nSPS) is 13.6. The molecule has 0 aliphatic carbocycles. The number of piperazine rings is 1. The Bertz CT molecular complexity index is 1400. The van der Waals surface area contributed by atoms with Crippen LogP contribution in [-0.2, 0) is 20.9 Å². The Morgan fingerprint density at radius 3 is 2.23 bits per heavy atom. The summed E-state index contributed by atoms with van der Waals surface area (Å²) < 4.78 is 5.05. The summed E-state index contributed by atoms with van der Waals surface area (Å²) in [7, 11) is 0. The van der Waals surface area contributed by atoms with Crippen LogP contribution in [0, 0.1) is 0 Å². The molecule has 1 unspecified atom stereocenters. The van der Waals surface area contributed by atoms with E-state index in [4.69, 9.17) is 9.84 Å². The summed E-state index contributed by atoms with van der Waals surface area (Å²) in [5.41, 5.74) is 1.81. The number of carbonyl (C=O) groups is 4. The number of ether oxygens (including phenoxy) is 1. The molecule has 3 aromatic rings. The van der Waals surface area contributed by atoms with Crippen molar-refractivity contribution in [2.75, 3.05) is 38.1 Å². The van der Waals surface area contributed by atoms with Crippen LogP contribution < -0.4 is 10.6 Å². The van der Waals surface area contributed by atoms with Gasteiger partial charge >= 0.3 is 12.1 Å². The van der Waals surface area contributed by atoms with Crippen molar-refractivity contribution in [3.63, 3.8) is 0 Å². The van der Waals surface area contributed by atoms with Crippen LogP contribution in [0.15, 0.2) is 66.7 Å². The van der Waals surface area contributed by atoms with Crippen molar-refractivity contribution in [2.24, 2.45) is 0 Å². The van der Waals surface area contributed by atoms with Gasteiger partial charge in [0.2, 0.25) is 5.91 Å². The Kier molecular flexibility index (Phi) is 11.0. The van der Waals surface area contributed by atoms with Gasteiger partial charge in [-0.3, -0.25) is 14.4 Å². The topological polar surface area (TPSA) is 154 Å². The molecule has 1 fully saturated rings. The molecule has 12 nitrogen and oxygen atoms in total. The molecule has 1 aromatic heterocycles. The summed E-state index contributed by atoms with van der Waals surface area (Å²) in [5, 5.41) is 15.2. The molecule has 3 N–H and O–H groups in total. The van der Waals surface area contributed by atoms with E-state index in [9.17, 15) is 19.2 Å². The molecule has 1 atom stereocenters. The number of amides is 3. The Morgan fingerprint density at radius 1 is 0.930 bits per heavy atom. The first-order chi connectivity index (χ1) is 20.8. The summed E-state index contributed by atoms with van der Waals surface area (Å²) in [6, 6.07) is 19.5. The number of aliphatic carboxylic acids is 1. The number of carboxylic acid groups (broad SMARTS) is 1. The van der Waals surface area contributed by atoms with Crippen molar-refractivity contribution in [2.45, 2.75) is 38.8 Å². The van der Waals surface area contributed by atoms with Crippen molar-refractivity contribution in [1.29, 1.82) is 0 Å². The molecule has 1 aliphatic heterocycles. The number of aromatic nitrogens is 2. The monoisotopic (exact) mass is 588 g/mol. The first-order valence-electron chi connectivity index (χ1n) is 14.3. The summed E-state index contributed by atoms with van der Waals surface area (Å²) in [6.45, 7) is 3.58. The lowest BCUT2D eigenvalue weighted by Gasteiger charge is -2.36. The molecule has 226 valence electrons. The lowest BCUT2D eigenvalue weighted by Crippen LogP contribution is -2.56. The molecule has 1 saturated heterocycles. The van der Waals surface area contributed by atoms with Gasteiger partial charge in [0.15, 0.2) is 5.82 Å². The molecule has 43 heavy (non-hydrogen) atoms. The number of carboxylic acids is 1. The lowest BCUT2D eigenvalue weighted by atomic mass is 10.1. The maximum absolute atomic E-state index is 13.6. The van der Waals surface area contributed by atoms with E-state index in [1.54, 1.807) is 11.8 Å². The van der Waals surface area contributed by atoms with Crippen LogP contribution in [0.1, 0.15) is 42.2 Å². The average molecular weight is 589 g/mol. The Morgan fingerprint density at radius 2 is 1.58 bits per heavy atom. The standard InChI is InChI=1S/C31H36N6O6/c1-2-43-31(42)37-18-16-36(17-19-37)30(41)24(14-9-15-27(38)39)34-29(40)25-20-26(32-21-22-10-5-3-6-11-22)35-28(33-25)23-12-7-4-8-13-23/h3-8,10-13,20,24H,2,9,14-19,21H2,1H3,(H,34,40)(H,38,39)(H,32,33,35). The predicted octanol–water partition coefficient (Wildman–Crippen LogP) is 3.41. The zero-order valence-electron chi connectivity index (χ0n) is 24.1. The highest BCUT2D eigenvalue weighted by Crippen LogP contribution is 2.19. The molecule has 12 heteroatoms. The van der Waals surface area contributed by atoms with E-state index in [2.05, 4.69) is 20.6 Å². The minimum absolute atomic E-state index is 0.0626. The molecule has 3 amide bonds. The third-order valence-corrected chi connectivity index (χ3v) is 6.91. The average Bonchev–Trinajstić information content (AvgIpc) is 3.03. The second-order valence-electron chi connectivity index (χ2n) is 9.99. The molecule has 1 aliphatic rings. The smallest absolute Gasteiger partial charge is 0.409 e. The van der Waals surface area contributed by atoms with Crippen molar-refractivity contribution < 1.29 is 29.0 Å². The highest BCUT2D eigenvalue weighted by molar-refractivity contribution is 5.97. The Hall–Kier alpha value is -5.00. The van der Waals surface area contributed by atoms with Gasteiger partial charge in [-0.1, -0.05) is 60.7 Å². The van der Waals surface area contributed by atoms with Crippen LogP contribution in [0.2, 0.25) is 0 Å². The lowest BCUT2D eigenvalue weighted by molar-refractivity contribution is -0.138. The number of nitrogens with zero attached hydrogens (tertiary/aromatic N) is 4. The maximum Gasteiger partial charge on any atom is 0.409 e. The maximum atomic E-state index is 13.6. The van der Waals surface area contributed by atoms with Gasteiger partial charge in [0, 0.05) is 50.8 Å². The summed E-state index contributed by atoms with van der Waals surface area (Å²) in [4.78, 5) is 62.6. The first-order valence-corrected chi connectivity index (χ1v) is 14.3. The van der Waals surface area contributed by atoms with Gasteiger partial charge in [0.1, 0.15) is 17.6 Å². The van der Waals surface area contributed by atoms with E-state index in [0.717, 1.165) is 5.56 Å². The zero-order chi connectivity index (χ0) is 30.6. The quantitative estimate of drug-likeness (QED) is 0.289. The molecular weight excluding hydrogens is 552 g/mol. The molecular formula is C31H36N6O6. The highest BCUT2D eigenvalue weighted by Gasteiger charge is 2.31. The van der Waals surface area contributed by atoms with Crippen molar-refractivity contribution in [3.05, 3.63) is 78.0 Å². The van der Waals surface area contributed by atoms with E-state index in [1.807, 2.05) is 60.7 Å². The van der Waals surface area contributed by atoms with E-state index in [-0.39, 0.29) is 50.6 Å². The molecule has 0 saturated carbocycles. The van der Waals surface area contributed by atoms with E-state index in [1.165, 1.54) is 11.0 Å². The molecule has 4 rings (SSSR count). The third kappa shape index (κ3) is 8.99. The third-order valence-electron chi connectivity index (χ3n) is 6.91. The molecule has 0 radical (unpaired) electrons. The van der Waals surface area contributed by atoms with Gasteiger partial charge in [0.05, 0.1) is 6.61 Å². The number of rotatable bonds is 12. The number of hydrogen-bond donors (Lipinski definition) is 3. The first kappa shape index (κ1) is 30.9. The van der Waals surface area contributed by atoms with Gasteiger partial charge in [-0.05, 0) is 25.3 Å². The highest BCUT2D eigenvalue weighted by atomic mass is 16.6. The number of nitrogens with one attached hydrogen (secondary N) is 2. The van der Waals surface area contributed by atoms with Crippen LogP contribution in [-0.4, -0.2) is 87.6 Å². The molecule has 2 aromatic carbocycles. The van der Waals surface area contributed by atoms with Crippen LogP contribution >= 0.6 is 0 Å². The van der Waals surface area contributed by atoms with Crippen LogP contribution in [0.25, 0.3) is 11.4 Å². The summed E-state index contributed by atoms with van der Waals surface area (Å²) in [6.07, 6.45) is -0.256. The zero-order valence-corrected chi connectivity index (χ0v) is 24.1. The van der Waals surface area contributed by atoms with Crippen LogP contribution in [0.3, 0.4) is 0 Å². The number of benzene rings is 2. The van der Waals surface area contributed by atoms with Gasteiger partial charge in [-0.15, -0.1) is 0 Å². The van der Waals surface area contributed by atoms with Gasteiger partial charge in [-0.2, -0.15) is 0 Å². The summed E-state index contributed by atoms with van der Waals surface area (Å²) in [5.74, 6) is -1.14. The Labute approximate surface area is 250 Å². The fraction of sp³-hybridized carbons (Fsp3) is 0.355. The number of anilines is 1. The molecule has 2 heterocycles. The van der Waals surface area contributed by atoms with E-state index < -0.39 is 24.0 Å². The van der Waals surface area contributed by atoms with Crippen molar-refractivity contribution in [3.8, 4) is 11.4 Å². The van der Waals surface area contributed by atoms with Crippen LogP contribution in [0.4, 0.5) is 10.6 Å². The van der Waals surface area contributed by atoms with E-state index >= 15 is 0 Å². The van der Waals surface area contributed by atoms with E-state index in [0.29, 0.717) is 36.8 Å². The van der Waals surface area contributed by atoms with Crippen molar-refractivity contribution >= 4 is 29.7 Å². The fourth-order valence-electron chi connectivity index (χ4n) is 4.65.